The predicted molar refractivity (Wildman–Crippen MR) is 108 cm³/mol. The number of hydrogen-bond acceptors (Lipinski definition) is 5. The number of fused-ring (bicyclic) bond motifs is 1. The van der Waals surface area contributed by atoms with E-state index in [1.54, 1.807) is 0 Å². The first-order valence-corrected chi connectivity index (χ1v) is 10.4. The molecule has 0 aromatic heterocycles. The van der Waals surface area contributed by atoms with Gasteiger partial charge < -0.3 is 9.47 Å². The normalized spacial score (nSPS) is 25.1. The lowest BCUT2D eigenvalue weighted by atomic mass is 10.0. The van der Waals surface area contributed by atoms with Crippen LogP contribution in [0.1, 0.15) is 32.3 Å². The van der Waals surface area contributed by atoms with Gasteiger partial charge in [0.25, 0.3) is 0 Å². The molecule has 5 heteroatoms. The second-order valence-electron chi connectivity index (χ2n) is 8.17. The number of benzene rings is 1. The number of piperidine rings is 1. The summed E-state index contributed by atoms with van der Waals surface area (Å²) in [6, 6.07) is 7.08. The van der Waals surface area contributed by atoms with E-state index in [1.807, 2.05) is 6.07 Å². The number of nitrogens with zero attached hydrogens (tertiary/aromatic N) is 3. The molecule has 0 aliphatic carbocycles. The van der Waals surface area contributed by atoms with Gasteiger partial charge >= 0.3 is 0 Å². The predicted octanol–water partition coefficient (Wildman–Crippen LogP) is 2.96. The fourth-order valence-electron chi connectivity index (χ4n) is 4.50. The maximum atomic E-state index is 5.51. The van der Waals surface area contributed by atoms with Crippen molar-refractivity contribution >= 4 is 0 Å². The molecule has 2 fully saturated rings. The zero-order chi connectivity index (χ0) is 18.6. The molecule has 3 aliphatic heterocycles. The van der Waals surface area contributed by atoms with Crippen molar-refractivity contribution in [1.29, 1.82) is 0 Å². The van der Waals surface area contributed by atoms with Crippen LogP contribution in [0.25, 0.3) is 0 Å². The molecule has 1 unspecified atom stereocenters. The second kappa shape index (κ2) is 8.63. The quantitative estimate of drug-likeness (QED) is 0.742. The van der Waals surface area contributed by atoms with Gasteiger partial charge in [-0.3, -0.25) is 14.7 Å². The lowest BCUT2D eigenvalue weighted by Gasteiger charge is -2.43. The van der Waals surface area contributed by atoms with Gasteiger partial charge in [-0.2, -0.15) is 0 Å². The van der Waals surface area contributed by atoms with Crippen LogP contribution >= 0.6 is 0 Å². The van der Waals surface area contributed by atoms with E-state index >= 15 is 0 Å². The Balaban J connectivity index is 1.26. The summed E-state index contributed by atoms with van der Waals surface area (Å²) in [5.74, 6) is 1.77. The van der Waals surface area contributed by atoms with Crippen LogP contribution in [-0.4, -0.2) is 73.3 Å². The first-order chi connectivity index (χ1) is 13.2. The molecule has 4 rings (SSSR count). The van der Waals surface area contributed by atoms with Crippen molar-refractivity contribution in [1.82, 2.24) is 14.7 Å². The molecule has 1 aromatic rings. The van der Waals surface area contributed by atoms with E-state index in [1.165, 1.54) is 50.2 Å². The van der Waals surface area contributed by atoms with Crippen LogP contribution in [0.4, 0.5) is 0 Å². The summed E-state index contributed by atoms with van der Waals surface area (Å²) in [6.07, 6.45) is 4.94. The highest BCUT2D eigenvalue weighted by atomic mass is 16.7. The van der Waals surface area contributed by atoms with Gasteiger partial charge in [0.15, 0.2) is 11.5 Å². The van der Waals surface area contributed by atoms with Gasteiger partial charge in [-0.05, 0) is 50.9 Å². The van der Waals surface area contributed by atoms with Crippen LogP contribution in [0.5, 0.6) is 11.5 Å². The molecule has 0 spiro atoms. The zero-order valence-corrected chi connectivity index (χ0v) is 16.8. The third kappa shape index (κ3) is 4.65. The van der Waals surface area contributed by atoms with Crippen LogP contribution in [0.3, 0.4) is 0 Å². The van der Waals surface area contributed by atoms with Gasteiger partial charge in [0.05, 0.1) is 0 Å². The molecule has 3 heterocycles. The van der Waals surface area contributed by atoms with E-state index in [2.05, 4.69) is 46.8 Å². The van der Waals surface area contributed by atoms with Crippen molar-refractivity contribution in [3.63, 3.8) is 0 Å². The van der Waals surface area contributed by atoms with E-state index in [4.69, 9.17) is 9.47 Å². The van der Waals surface area contributed by atoms with Crippen molar-refractivity contribution in [2.24, 2.45) is 0 Å². The standard InChI is InChI=1S/C22H33N3O2/c1-3-18(2)14-24-8-4-5-20(16-24)25-11-9-23(10-12-25)15-19-6-7-21-22(13-19)27-17-26-21/h3,6-7,13,20H,4-5,8-12,14-17H2,1-2H3. The first kappa shape index (κ1) is 18.8. The van der Waals surface area contributed by atoms with Crippen molar-refractivity contribution in [3.8, 4) is 11.5 Å². The Morgan fingerprint density at radius 1 is 1.07 bits per heavy atom. The minimum Gasteiger partial charge on any atom is -0.454 e. The largest absolute Gasteiger partial charge is 0.454 e. The molecule has 5 nitrogen and oxygen atoms in total. The molecular weight excluding hydrogens is 338 g/mol. The number of likely N-dealkylation sites (tertiary alicyclic amines) is 1. The van der Waals surface area contributed by atoms with Gasteiger partial charge in [-0.1, -0.05) is 17.7 Å². The maximum Gasteiger partial charge on any atom is 0.231 e. The fourth-order valence-corrected chi connectivity index (χ4v) is 4.50. The second-order valence-corrected chi connectivity index (χ2v) is 8.17. The number of allylic oxidation sites excluding steroid dienone is 1. The molecule has 27 heavy (non-hydrogen) atoms. The summed E-state index contributed by atoms with van der Waals surface area (Å²) in [5, 5.41) is 0. The highest BCUT2D eigenvalue weighted by Crippen LogP contribution is 2.33. The molecule has 148 valence electrons. The Bertz CT molecular complexity index is 668. The number of rotatable bonds is 5. The van der Waals surface area contributed by atoms with Gasteiger partial charge in [0, 0.05) is 51.9 Å². The van der Waals surface area contributed by atoms with Gasteiger partial charge in [0.2, 0.25) is 6.79 Å². The van der Waals surface area contributed by atoms with E-state index < -0.39 is 0 Å². The maximum absolute atomic E-state index is 5.51. The summed E-state index contributed by atoms with van der Waals surface area (Å²) >= 11 is 0. The molecule has 1 aromatic carbocycles. The Hall–Kier alpha value is -1.56. The van der Waals surface area contributed by atoms with Crippen molar-refractivity contribution in [2.45, 2.75) is 39.3 Å². The molecule has 0 bridgehead atoms. The number of hydrogen-bond donors (Lipinski definition) is 0. The summed E-state index contributed by atoms with van der Waals surface area (Å²) < 4.78 is 10.9. The summed E-state index contributed by atoms with van der Waals surface area (Å²) in [6.45, 7) is 14.0. The van der Waals surface area contributed by atoms with Crippen LogP contribution in [0, 0.1) is 0 Å². The zero-order valence-electron chi connectivity index (χ0n) is 16.8. The van der Waals surface area contributed by atoms with Crippen molar-refractivity contribution < 1.29 is 9.47 Å². The van der Waals surface area contributed by atoms with Crippen LogP contribution in [0.15, 0.2) is 29.8 Å². The Labute approximate surface area is 163 Å². The molecule has 2 saturated heterocycles. The van der Waals surface area contributed by atoms with Gasteiger partial charge in [0.1, 0.15) is 0 Å². The number of ether oxygens (including phenoxy) is 2. The van der Waals surface area contributed by atoms with Crippen LogP contribution in [-0.2, 0) is 6.54 Å². The molecule has 0 saturated carbocycles. The summed E-state index contributed by atoms with van der Waals surface area (Å²) in [5.41, 5.74) is 2.81. The van der Waals surface area contributed by atoms with E-state index in [-0.39, 0.29) is 0 Å². The average Bonchev–Trinajstić information content (AvgIpc) is 3.16. The smallest absolute Gasteiger partial charge is 0.231 e. The van der Waals surface area contributed by atoms with E-state index in [9.17, 15) is 0 Å². The SMILES string of the molecule is CC=C(C)CN1CCCC(N2CCN(Cc3ccc4c(c3)OCO4)CC2)C1. The minimum atomic E-state index is 0.351. The van der Waals surface area contributed by atoms with Crippen molar-refractivity contribution in [2.75, 3.05) is 52.6 Å². The highest BCUT2D eigenvalue weighted by Gasteiger charge is 2.28. The summed E-state index contributed by atoms with van der Waals surface area (Å²) in [4.78, 5) is 7.94. The molecule has 1 atom stereocenters. The highest BCUT2D eigenvalue weighted by molar-refractivity contribution is 5.44. The molecule has 0 N–H and O–H groups in total. The van der Waals surface area contributed by atoms with E-state index in [0.29, 0.717) is 6.79 Å². The molecule has 3 aliphatic rings. The molecule has 0 radical (unpaired) electrons. The molecule has 0 amide bonds. The third-order valence-corrected chi connectivity index (χ3v) is 6.21. The lowest BCUT2D eigenvalue weighted by molar-refractivity contribution is 0.0524. The fraction of sp³-hybridized carbons (Fsp3) is 0.636. The lowest BCUT2D eigenvalue weighted by Crippen LogP contribution is -2.54. The minimum absolute atomic E-state index is 0.351. The summed E-state index contributed by atoms with van der Waals surface area (Å²) in [7, 11) is 0. The Kier molecular flexibility index (Phi) is 6.01. The topological polar surface area (TPSA) is 28.2 Å². The first-order valence-electron chi connectivity index (χ1n) is 10.4. The number of piperazine rings is 1. The monoisotopic (exact) mass is 371 g/mol. The Morgan fingerprint density at radius 2 is 1.89 bits per heavy atom. The van der Waals surface area contributed by atoms with E-state index in [0.717, 1.165) is 43.7 Å². The van der Waals surface area contributed by atoms with Gasteiger partial charge in [-0.15, -0.1) is 0 Å². The average molecular weight is 372 g/mol. The van der Waals surface area contributed by atoms with Crippen LogP contribution < -0.4 is 9.47 Å². The Morgan fingerprint density at radius 3 is 2.70 bits per heavy atom. The third-order valence-electron chi connectivity index (χ3n) is 6.21. The molecular formula is C22H33N3O2. The van der Waals surface area contributed by atoms with Crippen LogP contribution in [0.2, 0.25) is 0 Å². The van der Waals surface area contributed by atoms with Crippen molar-refractivity contribution in [3.05, 3.63) is 35.4 Å². The van der Waals surface area contributed by atoms with Gasteiger partial charge in [-0.25, -0.2) is 0 Å².